The van der Waals surface area contributed by atoms with Crippen molar-refractivity contribution in [1.29, 1.82) is 0 Å². The summed E-state index contributed by atoms with van der Waals surface area (Å²) in [4.78, 5) is 12.1. The van der Waals surface area contributed by atoms with Gasteiger partial charge in [0.05, 0.1) is 11.1 Å². The lowest BCUT2D eigenvalue weighted by Gasteiger charge is -2.19. The highest BCUT2D eigenvalue weighted by molar-refractivity contribution is 9.10. The fraction of sp³-hybridized carbons (Fsp3) is 0.188. The topological polar surface area (TPSA) is 38.3 Å². The van der Waals surface area contributed by atoms with Crippen LogP contribution >= 0.6 is 15.9 Å². The summed E-state index contributed by atoms with van der Waals surface area (Å²) in [5.41, 5.74) is 1.27. The minimum absolute atomic E-state index is 0.269. The number of anilines is 1. The van der Waals surface area contributed by atoms with E-state index in [1.165, 1.54) is 6.07 Å². The molecular weight excluding hydrogens is 337 g/mol. The van der Waals surface area contributed by atoms with Crippen LogP contribution in [-0.2, 0) is 9.53 Å². The van der Waals surface area contributed by atoms with Gasteiger partial charge in [0.2, 0.25) is 0 Å². The molecular formula is C16H15BrFNO2. The summed E-state index contributed by atoms with van der Waals surface area (Å²) >= 11 is 3.10. The average Bonchev–Trinajstić information content (AvgIpc) is 2.49. The molecule has 0 aliphatic carbocycles. The maximum Gasteiger partial charge on any atom is 0.333 e. The lowest BCUT2D eigenvalue weighted by atomic mass is 10.1. The van der Waals surface area contributed by atoms with E-state index in [4.69, 9.17) is 4.74 Å². The summed E-state index contributed by atoms with van der Waals surface area (Å²) in [5, 5.41) is 3.07. The molecule has 1 unspecified atom stereocenters. The second kappa shape index (κ2) is 7.22. The standard InChI is InChI=1S/C16H15BrFNO2/c1-2-21-16(20)15(19-12-6-4-3-5-7-12)11-8-9-13(17)14(18)10-11/h3-10,15,19H,2H2,1H3. The SMILES string of the molecule is CCOC(=O)C(Nc1ccccc1)c1ccc(Br)c(F)c1. The van der Waals surface area contributed by atoms with Crippen molar-refractivity contribution in [2.75, 3.05) is 11.9 Å². The predicted molar refractivity (Wildman–Crippen MR) is 83.5 cm³/mol. The van der Waals surface area contributed by atoms with E-state index in [0.717, 1.165) is 5.69 Å². The summed E-state index contributed by atoms with van der Waals surface area (Å²) in [7, 11) is 0. The Morgan fingerprint density at radius 1 is 1.29 bits per heavy atom. The molecule has 0 bridgehead atoms. The number of esters is 1. The van der Waals surface area contributed by atoms with Crippen molar-refractivity contribution >= 4 is 27.6 Å². The molecule has 110 valence electrons. The first-order valence-corrected chi connectivity index (χ1v) is 7.34. The number of nitrogens with one attached hydrogen (secondary N) is 1. The molecule has 1 atom stereocenters. The number of ether oxygens (including phenoxy) is 1. The Kier molecular flexibility index (Phi) is 5.33. The minimum atomic E-state index is -0.755. The molecule has 2 rings (SSSR count). The molecule has 5 heteroatoms. The Morgan fingerprint density at radius 3 is 2.62 bits per heavy atom. The molecule has 0 aliphatic heterocycles. The van der Waals surface area contributed by atoms with Crippen molar-refractivity contribution in [3.8, 4) is 0 Å². The van der Waals surface area contributed by atoms with E-state index < -0.39 is 17.8 Å². The second-order valence-corrected chi connectivity index (χ2v) is 5.22. The second-order valence-electron chi connectivity index (χ2n) is 4.37. The predicted octanol–water partition coefficient (Wildman–Crippen LogP) is 4.30. The van der Waals surface area contributed by atoms with Gasteiger partial charge in [-0.3, -0.25) is 0 Å². The van der Waals surface area contributed by atoms with Gasteiger partial charge in [-0.05, 0) is 52.7 Å². The number of benzene rings is 2. The molecule has 0 heterocycles. The van der Waals surface area contributed by atoms with Crippen LogP contribution in [0.15, 0.2) is 53.0 Å². The van der Waals surface area contributed by atoms with Gasteiger partial charge in [0.15, 0.2) is 6.04 Å². The molecule has 0 saturated heterocycles. The molecule has 0 radical (unpaired) electrons. The van der Waals surface area contributed by atoms with Gasteiger partial charge >= 0.3 is 5.97 Å². The summed E-state index contributed by atoms with van der Waals surface area (Å²) in [6.45, 7) is 2.00. The van der Waals surface area contributed by atoms with Crippen molar-refractivity contribution in [2.45, 2.75) is 13.0 Å². The third-order valence-corrected chi connectivity index (χ3v) is 3.53. The van der Waals surface area contributed by atoms with Gasteiger partial charge in [-0.2, -0.15) is 0 Å². The zero-order valence-corrected chi connectivity index (χ0v) is 13.1. The van der Waals surface area contributed by atoms with Crippen molar-refractivity contribution in [3.05, 3.63) is 64.4 Å². The summed E-state index contributed by atoms with van der Waals surface area (Å²) < 4.78 is 19.1. The Morgan fingerprint density at radius 2 is 2.00 bits per heavy atom. The third-order valence-electron chi connectivity index (χ3n) is 2.88. The van der Waals surface area contributed by atoms with Crippen molar-refractivity contribution in [1.82, 2.24) is 0 Å². The highest BCUT2D eigenvalue weighted by Gasteiger charge is 2.22. The maximum atomic E-state index is 13.7. The minimum Gasteiger partial charge on any atom is -0.464 e. The first kappa shape index (κ1) is 15.5. The fourth-order valence-electron chi connectivity index (χ4n) is 1.90. The molecule has 0 amide bonds. The van der Waals surface area contributed by atoms with Gasteiger partial charge < -0.3 is 10.1 Å². The maximum absolute atomic E-state index is 13.7. The Bertz CT molecular complexity index is 619. The molecule has 0 spiro atoms. The highest BCUT2D eigenvalue weighted by Crippen LogP contribution is 2.25. The van der Waals surface area contributed by atoms with E-state index in [0.29, 0.717) is 10.0 Å². The average molecular weight is 352 g/mol. The first-order chi connectivity index (χ1) is 10.1. The molecule has 0 aliphatic rings. The van der Waals surface area contributed by atoms with E-state index in [1.807, 2.05) is 30.3 Å². The van der Waals surface area contributed by atoms with Crippen molar-refractivity contribution in [2.24, 2.45) is 0 Å². The van der Waals surface area contributed by atoms with Crippen molar-refractivity contribution < 1.29 is 13.9 Å². The van der Waals surface area contributed by atoms with Crippen LogP contribution in [0.25, 0.3) is 0 Å². The molecule has 0 saturated carbocycles. The molecule has 3 nitrogen and oxygen atoms in total. The molecule has 0 aromatic heterocycles. The quantitative estimate of drug-likeness (QED) is 0.816. The Hall–Kier alpha value is -1.88. The summed E-state index contributed by atoms with van der Waals surface area (Å²) in [5.74, 6) is -0.861. The number of carbonyl (C=O) groups excluding carboxylic acids is 1. The number of hydrogen-bond donors (Lipinski definition) is 1. The van der Waals surface area contributed by atoms with E-state index in [9.17, 15) is 9.18 Å². The number of para-hydroxylation sites is 1. The lowest BCUT2D eigenvalue weighted by Crippen LogP contribution is -2.23. The molecule has 1 N–H and O–H groups in total. The van der Waals surface area contributed by atoms with Crippen LogP contribution in [0.1, 0.15) is 18.5 Å². The van der Waals surface area contributed by atoms with E-state index in [-0.39, 0.29) is 6.61 Å². The van der Waals surface area contributed by atoms with Gasteiger partial charge in [-0.1, -0.05) is 24.3 Å². The Labute approximate surface area is 131 Å². The molecule has 21 heavy (non-hydrogen) atoms. The van der Waals surface area contributed by atoms with Gasteiger partial charge in [0.25, 0.3) is 0 Å². The van der Waals surface area contributed by atoms with Crippen LogP contribution in [0.3, 0.4) is 0 Å². The lowest BCUT2D eigenvalue weighted by molar-refractivity contribution is -0.144. The van der Waals surface area contributed by atoms with Gasteiger partial charge in [-0.15, -0.1) is 0 Å². The zero-order valence-electron chi connectivity index (χ0n) is 11.5. The zero-order chi connectivity index (χ0) is 15.2. The first-order valence-electron chi connectivity index (χ1n) is 6.55. The van der Waals surface area contributed by atoms with Gasteiger partial charge in [0.1, 0.15) is 5.82 Å². The smallest absolute Gasteiger partial charge is 0.333 e. The van der Waals surface area contributed by atoms with Gasteiger partial charge in [-0.25, -0.2) is 9.18 Å². The number of carbonyl (C=O) groups is 1. The van der Waals surface area contributed by atoms with Crippen LogP contribution in [0.5, 0.6) is 0 Å². The fourth-order valence-corrected chi connectivity index (χ4v) is 2.14. The van der Waals surface area contributed by atoms with Crippen LogP contribution in [-0.4, -0.2) is 12.6 Å². The van der Waals surface area contributed by atoms with Crippen LogP contribution in [0.2, 0.25) is 0 Å². The monoisotopic (exact) mass is 351 g/mol. The summed E-state index contributed by atoms with van der Waals surface area (Å²) in [6.07, 6.45) is 0. The number of hydrogen-bond acceptors (Lipinski definition) is 3. The van der Waals surface area contributed by atoms with E-state index >= 15 is 0 Å². The van der Waals surface area contributed by atoms with Crippen LogP contribution in [0.4, 0.5) is 10.1 Å². The van der Waals surface area contributed by atoms with E-state index in [1.54, 1.807) is 19.1 Å². The van der Waals surface area contributed by atoms with Crippen molar-refractivity contribution in [3.63, 3.8) is 0 Å². The number of halogens is 2. The van der Waals surface area contributed by atoms with E-state index in [2.05, 4.69) is 21.2 Å². The highest BCUT2D eigenvalue weighted by atomic mass is 79.9. The molecule has 0 fully saturated rings. The van der Waals surface area contributed by atoms with Crippen LogP contribution < -0.4 is 5.32 Å². The summed E-state index contributed by atoms with van der Waals surface area (Å²) in [6, 6.07) is 13.1. The third kappa shape index (κ3) is 4.04. The Balaban J connectivity index is 2.31. The largest absolute Gasteiger partial charge is 0.464 e. The normalized spacial score (nSPS) is 11.8. The molecule has 2 aromatic carbocycles. The molecule has 2 aromatic rings. The van der Waals surface area contributed by atoms with Crippen LogP contribution in [0, 0.1) is 5.82 Å². The number of rotatable bonds is 5. The van der Waals surface area contributed by atoms with Gasteiger partial charge in [0, 0.05) is 5.69 Å².